The van der Waals surface area contributed by atoms with Crippen molar-refractivity contribution in [1.82, 2.24) is 25.1 Å². The van der Waals surface area contributed by atoms with Gasteiger partial charge in [-0.05, 0) is 35.7 Å². The molecule has 3 rings (SSSR count). The van der Waals surface area contributed by atoms with E-state index < -0.39 is 0 Å². The molecule has 0 atom stereocenters. The minimum absolute atomic E-state index is 0.639. The molecule has 23 heavy (non-hydrogen) atoms. The van der Waals surface area contributed by atoms with Gasteiger partial charge in [-0.3, -0.25) is 4.90 Å². The molecule has 0 saturated heterocycles. The molecular formula is C17H19N5O. The number of aromatic nitrogens is 4. The van der Waals surface area contributed by atoms with E-state index in [4.69, 9.17) is 4.74 Å². The van der Waals surface area contributed by atoms with Gasteiger partial charge in [-0.2, -0.15) is 4.68 Å². The minimum Gasteiger partial charge on any atom is -0.496 e. The zero-order chi connectivity index (χ0) is 16.1. The third-order valence-corrected chi connectivity index (χ3v) is 3.58. The van der Waals surface area contributed by atoms with Crippen LogP contribution >= 0.6 is 0 Å². The van der Waals surface area contributed by atoms with Crippen LogP contribution in [-0.4, -0.2) is 39.3 Å². The maximum Gasteiger partial charge on any atom is 0.170 e. The van der Waals surface area contributed by atoms with E-state index in [2.05, 4.69) is 26.5 Å². The third kappa shape index (κ3) is 3.54. The van der Waals surface area contributed by atoms with E-state index in [1.54, 1.807) is 11.8 Å². The van der Waals surface area contributed by atoms with Gasteiger partial charge in [0.25, 0.3) is 0 Å². The molecule has 0 fully saturated rings. The highest BCUT2D eigenvalue weighted by Crippen LogP contribution is 2.19. The summed E-state index contributed by atoms with van der Waals surface area (Å²) in [6.07, 6.45) is 0. The van der Waals surface area contributed by atoms with Crippen molar-refractivity contribution in [3.63, 3.8) is 0 Å². The smallest absolute Gasteiger partial charge is 0.170 e. The number of nitrogens with zero attached hydrogens (tertiary/aromatic N) is 5. The number of hydrogen-bond acceptors (Lipinski definition) is 5. The molecule has 1 aromatic heterocycles. The first-order chi connectivity index (χ1) is 11.3. The Hall–Kier alpha value is -2.73. The van der Waals surface area contributed by atoms with Gasteiger partial charge in [-0.15, -0.1) is 5.10 Å². The second-order valence-corrected chi connectivity index (χ2v) is 5.33. The normalized spacial score (nSPS) is 10.9. The van der Waals surface area contributed by atoms with Crippen LogP contribution in [0.15, 0.2) is 54.6 Å². The van der Waals surface area contributed by atoms with Crippen LogP contribution in [-0.2, 0) is 13.1 Å². The molecule has 0 aliphatic rings. The summed E-state index contributed by atoms with van der Waals surface area (Å²) in [4.78, 5) is 2.16. The summed E-state index contributed by atoms with van der Waals surface area (Å²) < 4.78 is 7.16. The van der Waals surface area contributed by atoms with Crippen molar-refractivity contribution in [2.24, 2.45) is 0 Å². The van der Waals surface area contributed by atoms with Gasteiger partial charge in [-0.1, -0.05) is 36.4 Å². The van der Waals surface area contributed by atoms with E-state index in [1.807, 2.05) is 55.6 Å². The van der Waals surface area contributed by atoms with Crippen molar-refractivity contribution in [3.8, 4) is 11.4 Å². The molecule has 0 aliphatic carbocycles. The standard InChI is InChI=1S/C17H19N5O/c1-21(12-14-8-6-7-11-16(14)23-2)13-17-18-19-20-22(17)15-9-4-3-5-10-15/h3-11H,12-13H2,1-2H3. The quantitative estimate of drug-likeness (QED) is 0.699. The van der Waals surface area contributed by atoms with Crippen molar-refractivity contribution < 1.29 is 4.74 Å². The Labute approximate surface area is 135 Å². The van der Waals surface area contributed by atoms with Crippen LogP contribution < -0.4 is 4.74 Å². The first kappa shape index (κ1) is 15.2. The van der Waals surface area contributed by atoms with Crippen molar-refractivity contribution in [2.45, 2.75) is 13.1 Å². The monoisotopic (exact) mass is 309 g/mol. The van der Waals surface area contributed by atoms with E-state index in [-0.39, 0.29) is 0 Å². The number of rotatable bonds is 6. The van der Waals surface area contributed by atoms with Crippen LogP contribution in [0.5, 0.6) is 5.75 Å². The van der Waals surface area contributed by atoms with Crippen molar-refractivity contribution in [1.29, 1.82) is 0 Å². The lowest BCUT2D eigenvalue weighted by Crippen LogP contribution is -2.20. The Morgan fingerprint density at radius 1 is 1.00 bits per heavy atom. The highest BCUT2D eigenvalue weighted by Gasteiger charge is 2.12. The molecule has 0 radical (unpaired) electrons. The molecule has 0 bridgehead atoms. The predicted molar refractivity (Wildman–Crippen MR) is 87.3 cm³/mol. The van der Waals surface area contributed by atoms with Gasteiger partial charge in [0.05, 0.1) is 19.3 Å². The highest BCUT2D eigenvalue weighted by atomic mass is 16.5. The van der Waals surface area contributed by atoms with Gasteiger partial charge < -0.3 is 4.74 Å². The van der Waals surface area contributed by atoms with Crippen LogP contribution in [0.1, 0.15) is 11.4 Å². The molecule has 0 saturated carbocycles. The maximum atomic E-state index is 5.40. The Bertz CT molecular complexity index is 756. The van der Waals surface area contributed by atoms with E-state index in [0.29, 0.717) is 6.54 Å². The molecule has 1 heterocycles. The topological polar surface area (TPSA) is 56.1 Å². The second-order valence-electron chi connectivity index (χ2n) is 5.33. The summed E-state index contributed by atoms with van der Waals surface area (Å²) >= 11 is 0. The summed E-state index contributed by atoms with van der Waals surface area (Å²) in [6.45, 7) is 1.39. The van der Waals surface area contributed by atoms with Crippen molar-refractivity contribution in [2.75, 3.05) is 14.2 Å². The predicted octanol–water partition coefficient (Wildman–Crippen LogP) is 2.30. The molecule has 6 nitrogen and oxygen atoms in total. The molecule has 0 N–H and O–H groups in total. The molecule has 0 unspecified atom stereocenters. The summed E-state index contributed by atoms with van der Waals surface area (Å²) in [5, 5.41) is 12.0. The molecule has 6 heteroatoms. The minimum atomic E-state index is 0.639. The van der Waals surface area contributed by atoms with Gasteiger partial charge in [-0.25, -0.2) is 0 Å². The number of methoxy groups -OCH3 is 1. The molecular weight excluding hydrogens is 290 g/mol. The average molecular weight is 309 g/mol. The summed E-state index contributed by atoms with van der Waals surface area (Å²) in [7, 11) is 3.73. The largest absolute Gasteiger partial charge is 0.496 e. The van der Waals surface area contributed by atoms with E-state index in [1.165, 1.54) is 0 Å². The Balaban J connectivity index is 1.74. The lowest BCUT2D eigenvalue weighted by Gasteiger charge is -2.17. The van der Waals surface area contributed by atoms with E-state index in [9.17, 15) is 0 Å². The first-order valence-corrected chi connectivity index (χ1v) is 7.41. The van der Waals surface area contributed by atoms with Gasteiger partial charge in [0, 0.05) is 12.1 Å². The lowest BCUT2D eigenvalue weighted by atomic mass is 10.2. The summed E-state index contributed by atoms with van der Waals surface area (Å²) in [6, 6.07) is 17.9. The highest BCUT2D eigenvalue weighted by molar-refractivity contribution is 5.33. The van der Waals surface area contributed by atoms with Crippen LogP contribution in [0, 0.1) is 0 Å². The van der Waals surface area contributed by atoms with E-state index in [0.717, 1.165) is 29.4 Å². The van der Waals surface area contributed by atoms with Gasteiger partial charge in [0.2, 0.25) is 0 Å². The molecule has 118 valence electrons. The molecule has 3 aromatic rings. The van der Waals surface area contributed by atoms with Crippen LogP contribution in [0.2, 0.25) is 0 Å². The summed E-state index contributed by atoms with van der Waals surface area (Å²) in [5.74, 6) is 1.69. The van der Waals surface area contributed by atoms with Crippen LogP contribution in [0.3, 0.4) is 0 Å². The van der Waals surface area contributed by atoms with E-state index >= 15 is 0 Å². The number of benzene rings is 2. The lowest BCUT2D eigenvalue weighted by molar-refractivity contribution is 0.300. The van der Waals surface area contributed by atoms with Crippen molar-refractivity contribution in [3.05, 3.63) is 66.0 Å². The number of ether oxygens (including phenoxy) is 1. The number of tetrazole rings is 1. The fraction of sp³-hybridized carbons (Fsp3) is 0.235. The fourth-order valence-corrected chi connectivity index (χ4v) is 2.50. The SMILES string of the molecule is COc1ccccc1CN(C)Cc1nnnn1-c1ccccc1. The third-order valence-electron chi connectivity index (χ3n) is 3.58. The molecule has 0 spiro atoms. The van der Waals surface area contributed by atoms with Crippen LogP contribution in [0.4, 0.5) is 0 Å². The van der Waals surface area contributed by atoms with Crippen LogP contribution in [0.25, 0.3) is 5.69 Å². The molecule has 2 aromatic carbocycles. The Morgan fingerprint density at radius 2 is 1.74 bits per heavy atom. The number of hydrogen-bond donors (Lipinski definition) is 0. The second kappa shape index (κ2) is 7.02. The van der Waals surface area contributed by atoms with Gasteiger partial charge in [0.1, 0.15) is 5.75 Å². The zero-order valence-corrected chi connectivity index (χ0v) is 13.3. The maximum absolute atomic E-state index is 5.40. The average Bonchev–Trinajstić information content (AvgIpc) is 3.04. The van der Waals surface area contributed by atoms with Crippen molar-refractivity contribution >= 4 is 0 Å². The number of para-hydroxylation sites is 2. The summed E-state index contributed by atoms with van der Waals surface area (Å²) in [5.41, 5.74) is 2.09. The first-order valence-electron chi connectivity index (χ1n) is 7.41. The molecule has 0 amide bonds. The van der Waals surface area contributed by atoms with Gasteiger partial charge >= 0.3 is 0 Å². The molecule has 0 aliphatic heterocycles. The Morgan fingerprint density at radius 3 is 2.52 bits per heavy atom. The Kier molecular flexibility index (Phi) is 4.63. The fourth-order valence-electron chi connectivity index (χ4n) is 2.50. The zero-order valence-electron chi connectivity index (χ0n) is 13.3. The van der Waals surface area contributed by atoms with Gasteiger partial charge in [0.15, 0.2) is 5.82 Å².